The van der Waals surface area contributed by atoms with Crippen LogP contribution in [0.4, 0.5) is 0 Å². The molecular weight excluding hydrogens is 199 g/mol. The van der Waals surface area contributed by atoms with Crippen molar-refractivity contribution in [3.8, 4) is 11.1 Å². The van der Waals surface area contributed by atoms with Gasteiger partial charge in [0.05, 0.1) is 0 Å². The first-order valence-corrected chi connectivity index (χ1v) is 5.26. The van der Waals surface area contributed by atoms with Crippen LogP contribution in [0, 0.1) is 0 Å². The Morgan fingerprint density at radius 3 is 1.88 bits per heavy atom. The van der Waals surface area contributed by atoms with Crippen molar-refractivity contribution in [2.75, 3.05) is 0 Å². The van der Waals surface area contributed by atoms with E-state index in [0.717, 1.165) is 11.1 Å². The summed E-state index contributed by atoms with van der Waals surface area (Å²) >= 11 is 0. The van der Waals surface area contributed by atoms with E-state index in [9.17, 15) is 0 Å². The highest BCUT2D eigenvalue weighted by molar-refractivity contribution is 6.40. The van der Waals surface area contributed by atoms with Gasteiger partial charge in [-0.1, -0.05) is 54.6 Å². The van der Waals surface area contributed by atoms with E-state index in [1.807, 2.05) is 42.5 Å². The van der Waals surface area contributed by atoms with Gasteiger partial charge in [-0.25, -0.2) is 0 Å². The van der Waals surface area contributed by atoms with E-state index < -0.39 is 7.12 Å². The maximum atomic E-state index is 8.85. The highest BCUT2D eigenvalue weighted by atomic mass is 16.4. The number of hydrogen-bond acceptors (Lipinski definition) is 2. The molecule has 0 aliphatic heterocycles. The monoisotopic (exact) mass is 212 g/mol. The molecule has 0 amide bonds. The Hall–Kier alpha value is -1.58. The molecule has 0 aromatic heterocycles. The second-order valence-electron chi connectivity index (χ2n) is 3.75. The zero-order valence-electron chi connectivity index (χ0n) is 8.88. The van der Waals surface area contributed by atoms with Crippen LogP contribution in [0.2, 0.25) is 0 Å². The van der Waals surface area contributed by atoms with E-state index in [0.29, 0.717) is 0 Å². The van der Waals surface area contributed by atoms with Crippen LogP contribution in [0.25, 0.3) is 11.1 Å². The Labute approximate surface area is 95.3 Å². The quantitative estimate of drug-likeness (QED) is 0.763. The Bertz CT molecular complexity index is 437. The minimum absolute atomic E-state index is 0.273. The van der Waals surface area contributed by atoms with Crippen LogP contribution in [-0.2, 0) is 6.32 Å². The van der Waals surface area contributed by atoms with Crippen LogP contribution < -0.4 is 0 Å². The minimum Gasteiger partial charge on any atom is -0.427 e. The maximum Gasteiger partial charge on any atom is 0.456 e. The summed E-state index contributed by atoms with van der Waals surface area (Å²) < 4.78 is 0. The van der Waals surface area contributed by atoms with Crippen molar-refractivity contribution in [3.05, 3.63) is 60.2 Å². The fourth-order valence-corrected chi connectivity index (χ4v) is 1.67. The molecule has 0 unspecified atom stereocenters. The molecule has 2 N–H and O–H groups in total. The van der Waals surface area contributed by atoms with Crippen LogP contribution in [0.1, 0.15) is 5.56 Å². The Balaban J connectivity index is 2.20. The van der Waals surface area contributed by atoms with Crippen LogP contribution in [0.5, 0.6) is 0 Å². The summed E-state index contributed by atoms with van der Waals surface area (Å²) in [6.07, 6.45) is 0.273. The average Bonchev–Trinajstić information content (AvgIpc) is 2.30. The lowest BCUT2D eigenvalue weighted by Gasteiger charge is -2.03. The molecule has 16 heavy (non-hydrogen) atoms. The fraction of sp³-hybridized carbons (Fsp3) is 0.0769. The van der Waals surface area contributed by atoms with Crippen molar-refractivity contribution < 1.29 is 10.0 Å². The molecule has 0 aliphatic rings. The predicted molar refractivity (Wildman–Crippen MR) is 65.8 cm³/mol. The smallest absolute Gasteiger partial charge is 0.427 e. The summed E-state index contributed by atoms with van der Waals surface area (Å²) in [5, 5.41) is 17.7. The number of benzene rings is 2. The third-order valence-corrected chi connectivity index (χ3v) is 2.48. The Morgan fingerprint density at radius 1 is 0.750 bits per heavy atom. The predicted octanol–water partition coefficient (Wildman–Crippen LogP) is 1.91. The zero-order valence-corrected chi connectivity index (χ0v) is 8.88. The molecule has 0 aliphatic carbocycles. The first-order chi connectivity index (χ1) is 7.75. The van der Waals surface area contributed by atoms with Crippen LogP contribution >= 0.6 is 0 Å². The Kier molecular flexibility index (Phi) is 3.39. The SMILES string of the molecule is OB(O)Cc1ccc(-c2ccccc2)cc1. The van der Waals surface area contributed by atoms with E-state index in [1.165, 1.54) is 5.56 Å². The van der Waals surface area contributed by atoms with Crippen LogP contribution in [0.15, 0.2) is 54.6 Å². The fourth-order valence-electron chi connectivity index (χ4n) is 1.67. The van der Waals surface area contributed by atoms with Gasteiger partial charge in [0, 0.05) is 6.32 Å². The standard InChI is InChI=1S/C13H13BO2/c15-14(16)10-11-6-8-13(9-7-11)12-4-2-1-3-5-12/h1-9,15-16H,10H2. The normalized spacial score (nSPS) is 10.1. The van der Waals surface area contributed by atoms with Gasteiger partial charge < -0.3 is 10.0 Å². The lowest BCUT2D eigenvalue weighted by atomic mass is 9.82. The molecule has 3 heteroatoms. The van der Waals surface area contributed by atoms with Gasteiger partial charge in [0.2, 0.25) is 0 Å². The first-order valence-electron chi connectivity index (χ1n) is 5.26. The number of rotatable bonds is 3. The van der Waals surface area contributed by atoms with Gasteiger partial charge in [0.1, 0.15) is 0 Å². The summed E-state index contributed by atoms with van der Waals surface area (Å²) in [4.78, 5) is 0. The van der Waals surface area contributed by atoms with Crippen molar-refractivity contribution in [3.63, 3.8) is 0 Å². The minimum atomic E-state index is -1.28. The molecular formula is C13H13BO2. The first kappa shape index (κ1) is 10.9. The molecule has 80 valence electrons. The van der Waals surface area contributed by atoms with Gasteiger partial charge in [0.25, 0.3) is 0 Å². The van der Waals surface area contributed by atoms with Gasteiger partial charge in [-0.3, -0.25) is 0 Å². The van der Waals surface area contributed by atoms with E-state index in [2.05, 4.69) is 12.1 Å². The lowest BCUT2D eigenvalue weighted by Crippen LogP contribution is -2.14. The topological polar surface area (TPSA) is 40.5 Å². The second kappa shape index (κ2) is 4.97. The molecule has 0 radical (unpaired) electrons. The molecule has 2 rings (SSSR count). The molecule has 0 bridgehead atoms. The van der Waals surface area contributed by atoms with Gasteiger partial charge in [-0.2, -0.15) is 0 Å². The summed E-state index contributed by atoms with van der Waals surface area (Å²) in [6, 6.07) is 17.9. The lowest BCUT2D eigenvalue weighted by molar-refractivity contribution is 0.405. The van der Waals surface area contributed by atoms with Gasteiger partial charge >= 0.3 is 7.12 Å². The molecule has 2 aromatic carbocycles. The molecule has 2 nitrogen and oxygen atoms in total. The van der Waals surface area contributed by atoms with Gasteiger partial charge in [0.15, 0.2) is 0 Å². The largest absolute Gasteiger partial charge is 0.456 e. The van der Waals surface area contributed by atoms with E-state index in [4.69, 9.17) is 10.0 Å². The summed E-state index contributed by atoms with van der Waals surface area (Å²) in [7, 11) is -1.28. The summed E-state index contributed by atoms with van der Waals surface area (Å²) in [6.45, 7) is 0. The highest BCUT2D eigenvalue weighted by Gasteiger charge is 2.07. The maximum absolute atomic E-state index is 8.85. The third-order valence-electron chi connectivity index (χ3n) is 2.48. The van der Waals surface area contributed by atoms with E-state index >= 15 is 0 Å². The molecule has 0 saturated carbocycles. The van der Waals surface area contributed by atoms with Crippen LogP contribution in [-0.4, -0.2) is 17.2 Å². The molecule has 0 heterocycles. The van der Waals surface area contributed by atoms with Crippen molar-refractivity contribution in [2.45, 2.75) is 6.32 Å². The molecule has 2 aromatic rings. The van der Waals surface area contributed by atoms with Crippen molar-refractivity contribution in [1.82, 2.24) is 0 Å². The van der Waals surface area contributed by atoms with Gasteiger partial charge in [-0.15, -0.1) is 0 Å². The van der Waals surface area contributed by atoms with Crippen molar-refractivity contribution >= 4 is 7.12 Å². The summed E-state index contributed by atoms with van der Waals surface area (Å²) in [5.74, 6) is 0. The second-order valence-corrected chi connectivity index (χ2v) is 3.75. The molecule has 0 atom stereocenters. The zero-order chi connectivity index (χ0) is 11.4. The Morgan fingerprint density at radius 2 is 1.31 bits per heavy atom. The number of hydrogen-bond donors (Lipinski definition) is 2. The highest BCUT2D eigenvalue weighted by Crippen LogP contribution is 2.19. The average molecular weight is 212 g/mol. The van der Waals surface area contributed by atoms with Gasteiger partial charge in [-0.05, 0) is 16.7 Å². The van der Waals surface area contributed by atoms with Crippen molar-refractivity contribution in [2.24, 2.45) is 0 Å². The third kappa shape index (κ3) is 2.72. The summed E-state index contributed by atoms with van der Waals surface area (Å²) in [5.41, 5.74) is 3.23. The molecule has 0 spiro atoms. The molecule has 0 fully saturated rings. The van der Waals surface area contributed by atoms with E-state index in [-0.39, 0.29) is 6.32 Å². The van der Waals surface area contributed by atoms with E-state index in [1.54, 1.807) is 0 Å². The van der Waals surface area contributed by atoms with Crippen LogP contribution in [0.3, 0.4) is 0 Å². The van der Waals surface area contributed by atoms with Crippen molar-refractivity contribution in [1.29, 1.82) is 0 Å². The molecule has 0 saturated heterocycles.